The topological polar surface area (TPSA) is 50.4 Å². The van der Waals surface area contributed by atoms with Crippen LogP contribution < -0.4 is 10.6 Å². The van der Waals surface area contributed by atoms with Crippen LogP contribution in [0.2, 0.25) is 0 Å². The van der Waals surface area contributed by atoms with E-state index >= 15 is 0 Å². The molecule has 3 atom stereocenters. The SMILES string of the molecule is CCCC1CC(NC2CNC(=O)C2)CCO1. The Hall–Kier alpha value is -0.610. The number of hydrogen-bond donors (Lipinski definition) is 2. The summed E-state index contributed by atoms with van der Waals surface area (Å²) >= 11 is 0. The predicted molar refractivity (Wildman–Crippen MR) is 62.2 cm³/mol. The molecule has 0 spiro atoms. The van der Waals surface area contributed by atoms with E-state index in [1.807, 2.05) is 0 Å². The molecule has 2 aliphatic rings. The van der Waals surface area contributed by atoms with Crippen LogP contribution in [0.25, 0.3) is 0 Å². The third kappa shape index (κ3) is 3.19. The number of amides is 1. The number of hydrogen-bond acceptors (Lipinski definition) is 3. The summed E-state index contributed by atoms with van der Waals surface area (Å²) in [7, 11) is 0. The highest BCUT2D eigenvalue weighted by molar-refractivity contribution is 5.78. The van der Waals surface area contributed by atoms with Crippen LogP contribution in [-0.2, 0) is 9.53 Å². The molecule has 2 saturated heterocycles. The molecule has 0 aliphatic carbocycles. The number of ether oxygens (including phenoxy) is 1. The molecule has 0 aromatic rings. The molecule has 2 rings (SSSR count). The Morgan fingerprint density at radius 1 is 1.50 bits per heavy atom. The summed E-state index contributed by atoms with van der Waals surface area (Å²) in [5.74, 6) is 0.176. The summed E-state index contributed by atoms with van der Waals surface area (Å²) in [5, 5.41) is 6.44. The summed E-state index contributed by atoms with van der Waals surface area (Å²) < 4.78 is 5.71. The van der Waals surface area contributed by atoms with Crippen LogP contribution in [0, 0.1) is 0 Å². The summed E-state index contributed by atoms with van der Waals surface area (Å²) in [6.07, 6.45) is 5.56. The lowest BCUT2D eigenvalue weighted by Gasteiger charge is -2.31. The fourth-order valence-electron chi connectivity index (χ4n) is 2.61. The van der Waals surface area contributed by atoms with Gasteiger partial charge in [-0.15, -0.1) is 0 Å². The zero-order chi connectivity index (χ0) is 11.4. The number of nitrogens with one attached hydrogen (secondary N) is 2. The van der Waals surface area contributed by atoms with Gasteiger partial charge < -0.3 is 15.4 Å². The second kappa shape index (κ2) is 5.64. The van der Waals surface area contributed by atoms with Gasteiger partial charge in [0.25, 0.3) is 0 Å². The molecule has 0 aromatic carbocycles. The lowest BCUT2D eigenvalue weighted by molar-refractivity contribution is -0.119. The van der Waals surface area contributed by atoms with Gasteiger partial charge in [-0.2, -0.15) is 0 Å². The lowest BCUT2D eigenvalue weighted by Crippen LogP contribution is -2.44. The average Bonchev–Trinajstić information content (AvgIpc) is 2.65. The molecule has 92 valence electrons. The molecule has 0 bridgehead atoms. The first-order valence-corrected chi connectivity index (χ1v) is 6.42. The normalized spacial score (nSPS) is 35.1. The van der Waals surface area contributed by atoms with Crippen molar-refractivity contribution in [2.24, 2.45) is 0 Å². The monoisotopic (exact) mass is 226 g/mol. The molecule has 0 aromatic heterocycles. The van der Waals surface area contributed by atoms with Gasteiger partial charge >= 0.3 is 0 Å². The van der Waals surface area contributed by atoms with Gasteiger partial charge in [0, 0.05) is 31.7 Å². The minimum atomic E-state index is 0.176. The Kier molecular flexibility index (Phi) is 4.18. The number of rotatable bonds is 4. The average molecular weight is 226 g/mol. The van der Waals surface area contributed by atoms with Crippen LogP contribution >= 0.6 is 0 Å². The first-order chi connectivity index (χ1) is 7.78. The maximum absolute atomic E-state index is 11.1. The molecule has 1 amide bonds. The van der Waals surface area contributed by atoms with E-state index in [4.69, 9.17) is 4.74 Å². The molecule has 3 unspecified atom stereocenters. The Bertz CT molecular complexity index is 243. The minimum Gasteiger partial charge on any atom is -0.378 e. The molecule has 2 heterocycles. The summed E-state index contributed by atoms with van der Waals surface area (Å²) in [6.45, 7) is 3.84. The van der Waals surface area contributed by atoms with Crippen LogP contribution in [0.3, 0.4) is 0 Å². The van der Waals surface area contributed by atoms with E-state index in [2.05, 4.69) is 17.6 Å². The van der Waals surface area contributed by atoms with Gasteiger partial charge in [0.2, 0.25) is 5.91 Å². The van der Waals surface area contributed by atoms with E-state index in [9.17, 15) is 4.79 Å². The molecular weight excluding hydrogens is 204 g/mol. The summed E-state index contributed by atoms with van der Waals surface area (Å²) in [5.41, 5.74) is 0. The van der Waals surface area contributed by atoms with Crippen LogP contribution in [0.4, 0.5) is 0 Å². The maximum atomic E-state index is 11.1. The van der Waals surface area contributed by atoms with E-state index in [1.54, 1.807) is 0 Å². The Balaban J connectivity index is 1.74. The molecule has 2 aliphatic heterocycles. The zero-order valence-corrected chi connectivity index (χ0v) is 10.00. The highest BCUT2D eigenvalue weighted by Crippen LogP contribution is 2.18. The van der Waals surface area contributed by atoms with E-state index < -0.39 is 0 Å². The van der Waals surface area contributed by atoms with Crippen molar-refractivity contribution in [1.82, 2.24) is 10.6 Å². The van der Waals surface area contributed by atoms with Crippen molar-refractivity contribution in [2.75, 3.05) is 13.2 Å². The van der Waals surface area contributed by atoms with Crippen molar-refractivity contribution >= 4 is 5.91 Å². The fourth-order valence-corrected chi connectivity index (χ4v) is 2.61. The van der Waals surface area contributed by atoms with Crippen molar-refractivity contribution in [3.05, 3.63) is 0 Å². The van der Waals surface area contributed by atoms with Gasteiger partial charge in [0.1, 0.15) is 0 Å². The first-order valence-electron chi connectivity index (χ1n) is 6.42. The summed E-state index contributed by atoms with van der Waals surface area (Å²) in [6, 6.07) is 0.862. The second-order valence-corrected chi connectivity index (χ2v) is 4.87. The second-order valence-electron chi connectivity index (χ2n) is 4.87. The molecule has 2 N–H and O–H groups in total. The molecule has 0 radical (unpaired) electrons. The third-order valence-electron chi connectivity index (χ3n) is 3.43. The van der Waals surface area contributed by atoms with Crippen LogP contribution in [0.5, 0.6) is 0 Å². The standard InChI is InChI=1S/C12H22N2O2/c1-2-3-11-6-9(4-5-16-11)14-10-7-12(15)13-8-10/h9-11,14H,2-8H2,1H3,(H,13,15). The molecule has 2 fully saturated rings. The number of carbonyl (C=O) groups is 1. The lowest BCUT2D eigenvalue weighted by atomic mass is 9.99. The van der Waals surface area contributed by atoms with Crippen LogP contribution in [0.15, 0.2) is 0 Å². The Morgan fingerprint density at radius 2 is 2.38 bits per heavy atom. The predicted octanol–water partition coefficient (Wildman–Crippen LogP) is 0.812. The molecule has 0 saturated carbocycles. The van der Waals surface area contributed by atoms with Crippen LogP contribution in [-0.4, -0.2) is 37.2 Å². The van der Waals surface area contributed by atoms with Gasteiger partial charge in [-0.3, -0.25) is 4.79 Å². The van der Waals surface area contributed by atoms with Crippen LogP contribution in [0.1, 0.15) is 39.0 Å². The van der Waals surface area contributed by atoms with E-state index in [-0.39, 0.29) is 5.91 Å². The van der Waals surface area contributed by atoms with Gasteiger partial charge in [-0.1, -0.05) is 13.3 Å². The minimum absolute atomic E-state index is 0.176. The number of carbonyl (C=O) groups excluding carboxylic acids is 1. The molecule has 4 nitrogen and oxygen atoms in total. The van der Waals surface area contributed by atoms with Gasteiger partial charge in [0.15, 0.2) is 0 Å². The highest BCUT2D eigenvalue weighted by Gasteiger charge is 2.27. The van der Waals surface area contributed by atoms with Crippen molar-refractivity contribution in [3.8, 4) is 0 Å². The fraction of sp³-hybridized carbons (Fsp3) is 0.917. The van der Waals surface area contributed by atoms with Crippen molar-refractivity contribution < 1.29 is 9.53 Å². The van der Waals surface area contributed by atoms with Crippen molar-refractivity contribution in [1.29, 1.82) is 0 Å². The van der Waals surface area contributed by atoms with E-state index in [0.29, 0.717) is 24.6 Å². The Morgan fingerprint density at radius 3 is 3.06 bits per heavy atom. The third-order valence-corrected chi connectivity index (χ3v) is 3.43. The van der Waals surface area contributed by atoms with Gasteiger partial charge in [-0.25, -0.2) is 0 Å². The van der Waals surface area contributed by atoms with Gasteiger partial charge in [-0.05, 0) is 19.3 Å². The summed E-state index contributed by atoms with van der Waals surface area (Å²) in [4.78, 5) is 11.1. The smallest absolute Gasteiger partial charge is 0.221 e. The quantitative estimate of drug-likeness (QED) is 0.746. The van der Waals surface area contributed by atoms with Crippen molar-refractivity contribution in [3.63, 3.8) is 0 Å². The molecule has 16 heavy (non-hydrogen) atoms. The molecular formula is C12H22N2O2. The zero-order valence-electron chi connectivity index (χ0n) is 10.00. The maximum Gasteiger partial charge on any atom is 0.221 e. The highest BCUT2D eigenvalue weighted by atomic mass is 16.5. The first kappa shape index (κ1) is 11.9. The van der Waals surface area contributed by atoms with Crippen molar-refractivity contribution in [2.45, 2.75) is 57.2 Å². The van der Waals surface area contributed by atoms with E-state index in [1.165, 1.54) is 6.42 Å². The van der Waals surface area contributed by atoms with E-state index in [0.717, 1.165) is 32.4 Å². The Labute approximate surface area is 97.1 Å². The molecule has 4 heteroatoms. The van der Waals surface area contributed by atoms with Gasteiger partial charge in [0.05, 0.1) is 6.10 Å². The largest absolute Gasteiger partial charge is 0.378 e.